The van der Waals surface area contributed by atoms with E-state index in [0.717, 1.165) is 51.4 Å². The Bertz CT molecular complexity index is 1390. The number of aliphatic hydroxyl groups is 1. The van der Waals surface area contributed by atoms with Gasteiger partial charge in [0.05, 0.1) is 39.9 Å². The summed E-state index contributed by atoms with van der Waals surface area (Å²) in [6.45, 7) is 4.85. The summed E-state index contributed by atoms with van der Waals surface area (Å²) in [5.41, 5.74) is 0. The average molecular weight is 1100 g/mol. The Morgan fingerprint density at radius 2 is 0.740 bits per heavy atom. The zero-order valence-corrected chi connectivity index (χ0v) is 52.9. The van der Waals surface area contributed by atoms with E-state index in [1.54, 1.807) is 6.08 Å². The highest BCUT2D eigenvalue weighted by atomic mass is 31.2. The Morgan fingerprint density at radius 1 is 0.442 bits per heavy atom. The first-order valence-corrected chi connectivity index (χ1v) is 35.0. The Labute approximate surface area is 479 Å². The topological polar surface area (TPSA) is 105 Å². The molecule has 0 bridgehead atoms. The second-order valence-electron chi connectivity index (χ2n) is 24.2. The molecule has 0 aliphatic heterocycles. The van der Waals surface area contributed by atoms with Crippen LogP contribution in [0.2, 0.25) is 0 Å². The van der Waals surface area contributed by atoms with E-state index in [-0.39, 0.29) is 19.1 Å². The first kappa shape index (κ1) is 75.5. The van der Waals surface area contributed by atoms with Gasteiger partial charge in [0.25, 0.3) is 0 Å². The molecule has 8 nitrogen and oxygen atoms in total. The van der Waals surface area contributed by atoms with Crippen LogP contribution in [0.25, 0.3) is 0 Å². The molecule has 0 aliphatic rings. The molecule has 77 heavy (non-hydrogen) atoms. The average Bonchev–Trinajstić information content (AvgIpc) is 3.39. The van der Waals surface area contributed by atoms with Gasteiger partial charge in [0.1, 0.15) is 13.2 Å². The SMILES string of the molecule is CCCCCCC/C=C\C/C=C\C/C=C\CCCCCCCCCCCCCCCCC(=O)NC(COP(=O)(O)OCC[N+](C)(C)C)C(O)/C=C/CCCCCCCCCCCCCCCCCCCCCCCCCC. The minimum atomic E-state index is -4.35. The Kier molecular flexibility index (Phi) is 57.9. The Hall–Kier alpha value is -1.54. The third-order valence-corrected chi connectivity index (χ3v) is 16.3. The van der Waals surface area contributed by atoms with Crippen molar-refractivity contribution in [1.82, 2.24) is 5.32 Å². The molecule has 0 saturated heterocycles. The number of carbonyl (C=O) groups is 1. The van der Waals surface area contributed by atoms with Crippen LogP contribution in [0.5, 0.6) is 0 Å². The smallest absolute Gasteiger partial charge is 0.387 e. The third kappa shape index (κ3) is 61.9. The van der Waals surface area contributed by atoms with Crippen LogP contribution in [0.1, 0.15) is 328 Å². The first-order chi connectivity index (χ1) is 37.5. The van der Waals surface area contributed by atoms with Gasteiger partial charge in [-0.2, -0.15) is 0 Å². The van der Waals surface area contributed by atoms with Crippen molar-refractivity contribution in [2.45, 2.75) is 341 Å². The van der Waals surface area contributed by atoms with Gasteiger partial charge in [-0.25, -0.2) is 4.57 Å². The van der Waals surface area contributed by atoms with E-state index in [1.165, 1.54) is 257 Å². The van der Waals surface area contributed by atoms with E-state index in [2.05, 4.69) is 55.6 Å². The van der Waals surface area contributed by atoms with E-state index in [9.17, 15) is 19.4 Å². The highest BCUT2D eigenvalue weighted by molar-refractivity contribution is 7.47. The quantitative estimate of drug-likeness (QED) is 0.0243. The summed E-state index contributed by atoms with van der Waals surface area (Å²) in [7, 11) is 1.58. The molecule has 454 valence electrons. The summed E-state index contributed by atoms with van der Waals surface area (Å²) < 4.78 is 23.8. The van der Waals surface area contributed by atoms with Gasteiger partial charge in [-0.05, 0) is 57.8 Å². The minimum absolute atomic E-state index is 0.0617. The summed E-state index contributed by atoms with van der Waals surface area (Å²) in [6.07, 6.45) is 79.5. The minimum Gasteiger partial charge on any atom is -0.387 e. The lowest BCUT2D eigenvalue weighted by atomic mass is 10.0. The molecule has 9 heteroatoms. The third-order valence-electron chi connectivity index (χ3n) is 15.3. The van der Waals surface area contributed by atoms with Gasteiger partial charge in [-0.15, -0.1) is 0 Å². The van der Waals surface area contributed by atoms with Crippen LogP contribution in [0.4, 0.5) is 0 Å². The van der Waals surface area contributed by atoms with Gasteiger partial charge >= 0.3 is 7.82 Å². The van der Waals surface area contributed by atoms with E-state index in [0.29, 0.717) is 17.4 Å². The lowest BCUT2D eigenvalue weighted by Crippen LogP contribution is -2.45. The van der Waals surface area contributed by atoms with Crippen molar-refractivity contribution in [3.63, 3.8) is 0 Å². The van der Waals surface area contributed by atoms with Crippen LogP contribution < -0.4 is 5.32 Å². The van der Waals surface area contributed by atoms with Crippen molar-refractivity contribution in [3.05, 3.63) is 48.6 Å². The predicted molar refractivity (Wildman–Crippen MR) is 337 cm³/mol. The van der Waals surface area contributed by atoms with E-state index in [1.807, 2.05) is 27.2 Å². The number of unbranched alkanes of at least 4 members (excludes halogenated alkanes) is 43. The number of hydrogen-bond donors (Lipinski definition) is 3. The van der Waals surface area contributed by atoms with Gasteiger partial charge in [0, 0.05) is 6.42 Å². The fourth-order valence-corrected chi connectivity index (χ4v) is 10.8. The molecule has 0 heterocycles. The van der Waals surface area contributed by atoms with E-state index < -0.39 is 20.0 Å². The number of quaternary nitrogens is 1. The highest BCUT2D eigenvalue weighted by Crippen LogP contribution is 2.43. The fraction of sp³-hybridized carbons (Fsp3) is 0.868. The molecule has 0 rings (SSSR count). The number of likely N-dealkylation sites (N-methyl/N-ethyl adjacent to an activating group) is 1. The molecule has 0 spiro atoms. The first-order valence-electron chi connectivity index (χ1n) is 33.5. The van der Waals surface area contributed by atoms with Gasteiger partial charge in [-0.1, -0.05) is 313 Å². The number of phosphoric ester groups is 1. The zero-order valence-electron chi connectivity index (χ0n) is 52.0. The summed E-state index contributed by atoms with van der Waals surface area (Å²) >= 11 is 0. The summed E-state index contributed by atoms with van der Waals surface area (Å²) in [6, 6.07) is -0.849. The number of carbonyl (C=O) groups excluding carboxylic acids is 1. The van der Waals surface area contributed by atoms with Crippen LogP contribution in [0.3, 0.4) is 0 Å². The van der Waals surface area contributed by atoms with Gasteiger partial charge in [-0.3, -0.25) is 13.8 Å². The molecule has 0 saturated carbocycles. The van der Waals surface area contributed by atoms with E-state index in [4.69, 9.17) is 9.05 Å². The molecule has 0 radical (unpaired) electrons. The molecule has 3 atom stereocenters. The van der Waals surface area contributed by atoms with Crippen LogP contribution in [0.15, 0.2) is 48.6 Å². The Morgan fingerprint density at radius 3 is 1.08 bits per heavy atom. The molecule has 0 fully saturated rings. The summed E-state index contributed by atoms with van der Waals surface area (Å²) in [5, 5.41) is 14.0. The predicted octanol–water partition coefficient (Wildman–Crippen LogP) is 21.1. The number of amides is 1. The number of nitrogens with zero attached hydrogens (tertiary/aromatic N) is 1. The molecule has 0 aromatic heterocycles. The zero-order chi connectivity index (χ0) is 56.3. The number of phosphoric acid groups is 1. The molecule has 3 N–H and O–H groups in total. The van der Waals surface area contributed by atoms with Gasteiger partial charge < -0.3 is 19.8 Å². The molecule has 3 unspecified atom stereocenters. The second kappa shape index (κ2) is 59.1. The molecular weight excluding hydrogens is 972 g/mol. The molecule has 0 aromatic rings. The maximum Gasteiger partial charge on any atom is 0.472 e. The number of nitrogens with one attached hydrogen (secondary N) is 1. The van der Waals surface area contributed by atoms with Gasteiger partial charge in [0.15, 0.2) is 0 Å². The monoisotopic (exact) mass is 1100 g/mol. The molecule has 0 aromatic carbocycles. The summed E-state index contributed by atoms with van der Waals surface area (Å²) in [5.74, 6) is -0.174. The molecular formula is C68H132N2O6P+. The molecule has 0 aliphatic carbocycles. The standard InChI is InChI=1S/C68H131N2O6P/c1-6-8-10-12-14-16-18-20-22-24-26-28-30-32-34-35-36-38-40-42-44-46-48-50-52-54-56-58-60-62-68(72)69-66(65-76-77(73,74)75-64-63-70(3,4)5)67(71)61-59-57-55-53-51-49-47-45-43-41-39-37-33-31-29-27-25-23-21-19-17-15-13-11-9-7-2/h18,20,24,26,30,32,59,61,66-67,71H,6-17,19,21-23,25,27-29,31,33-58,60,62-65H2,1-5H3,(H-,69,72,73,74)/p+1/b20-18-,26-24-,32-30-,61-59+. The van der Waals surface area contributed by atoms with Crippen LogP contribution in [-0.4, -0.2) is 73.4 Å². The number of aliphatic hydroxyl groups excluding tert-OH is 1. The second-order valence-corrected chi connectivity index (χ2v) is 25.7. The normalized spacial score (nSPS) is 14.0. The maximum absolute atomic E-state index is 13.0. The largest absolute Gasteiger partial charge is 0.472 e. The number of allylic oxidation sites excluding steroid dienone is 7. The van der Waals surface area contributed by atoms with Crippen molar-refractivity contribution in [1.29, 1.82) is 0 Å². The van der Waals surface area contributed by atoms with Crippen molar-refractivity contribution in [2.24, 2.45) is 0 Å². The number of rotatable bonds is 62. The lowest BCUT2D eigenvalue weighted by Gasteiger charge is -2.25. The van der Waals surface area contributed by atoms with Crippen molar-refractivity contribution >= 4 is 13.7 Å². The Balaban J connectivity index is 4.10. The lowest BCUT2D eigenvalue weighted by molar-refractivity contribution is -0.870. The molecule has 1 amide bonds. The van der Waals surface area contributed by atoms with Crippen molar-refractivity contribution in [2.75, 3.05) is 40.9 Å². The van der Waals surface area contributed by atoms with Crippen LogP contribution >= 0.6 is 7.82 Å². The fourth-order valence-electron chi connectivity index (χ4n) is 10.1. The van der Waals surface area contributed by atoms with Crippen molar-refractivity contribution < 1.29 is 32.9 Å². The van der Waals surface area contributed by atoms with Crippen molar-refractivity contribution in [3.8, 4) is 0 Å². The highest BCUT2D eigenvalue weighted by Gasteiger charge is 2.28. The van der Waals surface area contributed by atoms with Crippen LogP contribution in [0, 0.1) is 0 Å². The van der Waals surface area contributed by atoms with Gasteiger partial charge in [0.2, 0.25) is 5.91 Å². The summed E-state index contributed by atoms with van der Waals surface area (Å²) in [4.78, 5) is 23.4. The van der Waals surface area contributed by atoms with Crippen LogP contribution in [-0.2, 0) is 18.4 Å². The van der Waals surface area contributed by atoms with E-state index >= 15 is 0 Å². The maximum atomic E-state index is 13.0. The number of hydrogen-bond acceptors (Lipinski definition) is 5.